The average Bonchev–Trinajstić information content (AvgIpc) is 2.46. The highest BCUT2D eigenvalue weighted by Gasteiger charge is 2.15. The van der Waals surface area contributed by atoms with Crippen molar-refractivity contribution in [3.63, 3.8) is 0 Å². The molecular weight excluding hydrogens is 268 g/mol. The van der Waals surface area contributed by atoms with Crippen LogP contribution in [0.5, 0.6) is 0 Å². The van der Waals surface area contributed by atoms with Gasteiger partial charge in [-0.3, -0.25) is 0 Å². The van der Waals surface area contributed by atoms with E-state index in [1.807, 2.05) is 30.3 Å². The molecule has 0 saturated heterocycles. The van der Waals surface area contributed by atoms with Gasteiger partial charge in [-0.1, -0.05) is 35.5 Å². The fourth-order valence-electron chi connectivity index (χ4n) is 1.71. The first kappa shape index (κ1) is 16.3. The Labute approximate surface area is 116 Å². The van der Waals surface area contributed by atoms with E-state index < -0.39 is 13.0 Å². The van der Waals surface area contributed by atoms with E-state index in [0.29, 0.717) is 13.1 Å². The second-order valence-electron chi connectivity index (χ2n) is 4.16. The van der Waals surface area contributed by atoms with Gasteiger partial charge in [0.15, 0.2) is 0 Å². The fraction of sp³-hybridized carbons (Fsp3) is 0.462. The van der Waals surface area contributed by atoms with Crippen LogP contribution in [0.25, 0.3) is 0 Å². The van der Waals surface area contributed by atoms with E-state index in [2.05, 4.69) is 10.5 Å². The van der Waals surface area contributed by atoms with Gasteiger partial charge in [-0.05, 0) is 5.56 Å². The van der Waals surface area contributed by atoms with Gasteiger partial charge in [-0.25, -0.2) is 8.78 Å². The molecule has 1 aromatic carbocycles. The molecule has 0 aliphatic carbocycles. The molecular formula is C13H19F2N3O2. The summed E-state index contributed by atoms with van der Waals surface area (Å²) < 4.78 is 28.4. The molecule has 112 valence electrons. The van der Waals surface area contributed by atoms with Crippen LogP contribution in [0.3, 0.4) is 0 Å². The standard InChI is InChI=1S/C13H19F2N3O2/c14-12(15)9-20-7-6-17-8-11(13(16)18-19)10-4-2-1-3-5-10/h1-5,11-12,17,19H,6-9H2,(H2,16,18). The highest BCUT2D eigenvalue weighted by Crippen LogP contribution is 2.14. The molecule has 7 heteroatoms. The smallest absolute Gasteiger partial charge is 0.261 e. The van der Waals surface area contributed by atoms with Gasteiger partial charge >= 0.3 is 0 Å². The van der Waals surface area contributed by atoms with Crippen molar-refractivity contribution in [2.24, 2.45) is 10.9 Å². The molecule has 0 amide bonds. The molecule has 0 fully saturated rings. The van der Waals surface area contributed by atoms with Gasteiger partial charge in [0.05, 0.1) is 12.5 Å². The molecule has 0 heterocycles. The second-order valence-corrected chi connectivity index (χ2v) is 4.16. The number of amidine groups is 1. The first-order valence-electron chi connectivity index (χ1n) is 6.24. The minimum absolute atomic E-state index is 0.0946. The number of oxime groups is 1. The zero-order chi connectivity index (χ0) is 14.8. The van der Waals surface area contributed by atoms with Gasteiger partial charge < -0.3 is 21.0 Å². The van der Waals surface area contributed by atoms with Crippen LogP contribution in [0.4, 0.5) is 8.78 Å². The Hall–Kier alpha value is -1.73. The topological polar surface area (TPSA) is 79.9 Å². The highest BCUT2D eigenvalue weighted by atomic mass is 19.3. The fourth-order valence-corrected chi connectivity index (χ4v) is 1.71. The number of alkyl halides is 2. The van der Waals surface area contributed by atoms with Crippen molar-refractivity contribution in [3.8, 4) is 0 Å². The molecule has 0 bridgehead atoms. The van der Waals surface area contributed by atoms with Gasteiger partial charge in [0, 0.05) is 13.1 Å². The van der Waals surface area contributed by atoms with Crippen LogP contribution >= 0.6 is 0 Å². The van der Waals surface area contributed by atoms with Crippen molar-refractivity contribution in [1.82, 2.24) is 5.32 Å². The third-order valence-electron chi connectivity index (χ3n) is 2.69. The minimum Gasteiger partial charge on any atom is -0.409 e. The Morgan fingerprint density at radius 1 is 1.35 bits per heavy atom. The molecule has 4 N–H and O–H groups in total. The molecule has 1 atom stereocenters. The molecule has 1 unspecified atom stereocenters. The maximum Gasteiger partial charge on any atom is 0.261 e. The van der Waals surface area contributed by atoms with Crippen molar-refractivity contribution < 1.29 is 18.7 Å². The van der Waals surface area contributed by atoms with Crippen LogP contribution < -0.4 is 11.1 Å². The summed E-state index contributed by atoms with van der Waals surface area (Å²) in [6, 6.07) is 9.34. The van der Waals surface area contributed by atoms with E-state index in [1.54, 1.807) is 0 Å². The number of nitrogens with zero attached hydrogens (tertiary/aromatic N) is 1. The van der Waals surface area contributed by atoms with Crippen molar-refractivity contribution in [2.75, 3.05) is 26.3 Å². The Morgan fingerprint density at radius 2 is 2.05 bits per heavy atom. The Bertz CT molecular complexity index is 402. The lowest BCUT2D eigenvalue weighted by Gasteiger charge is -2.16. The van der Waals surface area contributed by atoms with E-state index in [9.17, 15) is 8.78 Å². The quantitative estimate of drug-likeness (QED) is 0.211. The lowest BCUT2D eigenvalue weighted by Crippen LogP contribution is -2.33. The SMILES string of the molecule is N/C(=N/O)C(CNCCOCC(F)F)c1ccccc1. The van der Waals surface area contributed by atoms with Gasteiger partial charge in [0.25, 0.3) is 6.43 Å². The van der Waals surface area contributed by atoms with Gasteiger partial charge in [-0.15, -0.1) is 0 Å². The minimum atomic E-state index is -2.45. The summed E-state index contributed by atoms with van der Waals surface area (Å²) in [5, 5.41) is 14.9. The van der Waals surface area contributed by atoms with E-state index in [0.717, 1.165) is 5.56 Å². The first-order valence-corrected chi connectivity index (χ1v) is 6.24. The number of hydrogen-bond donors (Lipinski definition) is 3. The number of nitrogens with two attached hydrogens (primary N) is 1. The summed E-state index contributed by atoms with van der Waals surface area (Å²) in [7, 11) is 0. The van der Waals surface area contributed by atoms with E-state index in [1.165, 1.54) is 0 Å². The maximum absolute atomic E-state index is 11.8. The Kier molecular flexibility index (Phi) is 7.52. The zero-order valence-corrected chi connectivity index (χ0v) is 11.0. The summed E-state index contributed by atoms with van der Waals surface area (Å²) in [5.74, 6) is -0.187. The number of nitrogens with one attached hydrogen (secondary N) is 1. The van der Waals surface area contributed by atoms with Crippen molar-refractivity contribution >= 4 is 5.84 Å². The van der Waals surface area contributed by atoms with E-state index >= 15 is 0 Å². The molecule has 1 rings (SSSR count). The van der Waals surface area contributed by atoms with Crippen molar-refractivity contribution in [1.29, 1.82) is 0 Å². The lowest BCUT2D eigenvalue weighted by atomic mass is 9.98. The summed E-state index contributed by atoms with van der Waals surface area (Å²) in [6.45, 7) is 0.457. The number of halogens is 2. The molecule has 0 aliphatic rings. The summed E-state index contributed by atoms with van der Waals surface area (Å²) in [6.07, 6.45) is -2.45. The van der Waals surface area contributed by atoms with Gasteiger partial charge in [-0.2, -0.15) is 0 Å². The molecule has 0 saturated carbocycles. The third-order valence-corrected chi connectivity index (χ3v) is 2.69. The molecule has 0 aliphatic heterocycles. The number of rotatable bonds is 9. The molecule has 1 aromatic rings. The first-order chi connectivity index (χ1) is 9.65. The largest absolute Gasteiger partial charge is 0.409 e. The van der Waals surface area contributed by atoms with Crippen LogP contribution in [0.15, 0.2) is 35.5 Å². The van der Waals surface area contributed by atoms with Crippen LogP contribution in [0.2, 0.25) is 0 Å². The number of hydrogen-bond acceptors (Lipinski definition) is 4. The van der Waals surface area contributed by atoms with Crippen LogP contribution in [-0.4, -0.2) is 43.8 Å². The average molecular weight is 287 g/mol. The van der Waals surface area contributed by atoms with Gasteiger partial charge in [0.1, 0.15) is 12.4 Å². The molecule has 0 spiro atoms. The summed E-state index contributed by atoms with van der Waals surface area (Å²) >= 11 is 0. The van der Waals surface area contributed by atoms with Crippen LogP contribution in [0.1, 0.15) is 11.5 Å². The summed E-state index contributed by atoms with van der Waals surface area (Å²) in [4.78, 5) is 0. The van der Waals surface area contributed by atoms with Crippen LogP contribution in [-0.2, 0) is 4.74 Å². The number of benzene rings is 1. The molecule has 5 nitrogen and oxygen atoms in total. The van der Waals surface area contributed by atoms with Crippen molar-refractivity contribution in [3.05, 3.63) is 35.9 Å². The molecule has 0 radical (unpaired) electrons. The summed E-state index contributed by atoms with van der Waals surface area (Å²) in [5.41, 5.74) is 6.57. The Morgan fingerprint density at radius 3 is 2.65 bits per heavy atom. The molecule has 20 heavy (non-hydrogen) atoms. The second kappa shape index (κ2) is 9.22. The van der Waals surface area contributed by atoms with Crippen LogP contribution in [0, 0.1) is 0 Å². The highest BCUT2D eigenvalue weighted by molar-refractivity contribution is 5.87. The number of ether oxygens (including phenoxy) is 1. The third kappa shape index (κ3) is 5.94. The lowest BCUT2D eigenvalue weighted by molar-refractivity contribution is 0.0188. The predicted molar refractivity (Wildman–Crippen MR) is 72.3 cm³/mol. The van der Waals surface area contributed by atoms with E-state index in [4.69, 9.17) is 15.7 Å². The van der Waals surface area contributed by atoms with E-state index in [-0.39, 0.29) is 18.4 Å². The monoisotopic (exact) mass is 287 g/mol. The normalized spacial score (nSPS) is 13.7. The predicted octanol–water partition coefficient (Wildman–Crippen LogP) is 1.39. The Balaban J connectivity index is 2.40. The van der Waals surface area contributed by atoms with Gasteiger partial charge in [0.2, 0.25) is 0 Å². The molecule has 0 aromatic heterocycles. The van der Waals surface area contributed by atoms with Crippen molar-refractivity contribution in [2.45, 2.75) is 12.3 Å². The zero-order valence-electron chi connectivity index (χ0n) is 11.0. The maximum atomic E-state index is 11.8.